The van der Waals surface area contributed by atoms with Crippen LogP contribution in [0.25, 0.3) is 10.9 Å². The van der Waals surface area contributed by atoms with Crippen LogP contribution in [0.5, 0.6) is 5.75 Å². The minimum atomic E-state index is -0.401. The number of ether oxygens (including phenoxy) is 1. The maximum absolute atomic E-state index is 12.5. The molecule has 0 aliphatic carbocycles. The summed E-state index contributed by atoms with van der Waals surface area (Å²) in [5.74, 6) is -0.153. The van der Waals surface area contributed by atoms with E-state index < -0.39 is 5.91 Å². The molecule has 2 amide bonds. The van der Waals surface area contributed by atoms with Crippen LogP contribution in [0.3, 0.4) is 0 Å². The van der Waals surface area contributed by atoms with Crippen molar-refractivity contribution in [3.8, 4) is 5.75 Å². The average molecular weight is 364 g/mol. The zero-order chi connectivity index (χ0) is 19.2. The molecule has 0 aliphatic heterocycles. The van der Waals surface area contributed by atoms with E-state index in [1.165, 1.54) is 0 Å². The normalized spacial score (nSPS) is 10.3. The monoisotopic (exact) mass is 364 g/mol. The fourth-order valence-electron chi connectivity index (χ4n) is 2.70. The van der Waals surface area contributed by atoms with Gasteiger partial charge in [-0.1, -0.05) is 30.3 Å². The third kappa shape index (κ3) is 4.33. The third-order valence-corrected chi connectivity index (χ3v) is 3.95. The predicted molar refractivity (Wildman–Crippen MR) is 104 cm³/mol. The number of carbonyl (C=O) groups is 2. The number of amides is 2. The van der Waals surface area contributed by atoms with E-state index in [0.717, 1.165) is 16.6 Å². The van der Waals surface area contributed by atoms with Gasteiger partial charge in [0.15, 0.2) is 0 Å². The van der Waals surface area contributed by atoms with Gasteiger partial charge in [0, 0.05) is 11.1 Å². The Morgan fingerprint density at radius 3 is 2.59 bits per heavy atom. The lowest BCUT2D eigenvalue weighted by molar-refractivity contribution is -0.120. The number of nitrogens with zero attached hydrogens (tertiary/aromatic N) is 1. The van der Waals surface area contributed by atoms with Crippen molar-refractivity contribution in [2.24, 2.45) is 0 Å². The van der Waals surface area contributed by atoms with Gasteiger partial charge in [-0.25, -0.2) is 0 Å². The van der Waals surface area contributed by atoms with E-state index in [1.54, 1.807) is 25.3 Å². The van der Waals surface area contributed by atoms with Gasteiger partial charge in [0.05, 0.1) is 30.4 Å². The van der Waals surface area contributed by atoms with Crippen LogP contribution in [0.15, 0.2) is 54.6 Å². The van der Waals surface area contributed by atoms with Crippen molar-refractivity contribution in [1.29, 1.82) is 0 Å². The SMILES string of the molecule is COc1ccccc1NCC(=O)NNC(=O)c1cc(C)nc2ccccc12. The maximum atomic E-state index is 12.5. The highest BCUT2D eigenvalue weighted by Crippen LogP contribution is 2.22. The summed E-state index contributed by atoms with van der Waals surface area (Å²) in [7, 11) is 1.56. The zero-order valence-corrected chi connectivity index (χ0v) is 15.1. The molecular weight excluding hydrogens is 344 g/mol. The number of fused-ring (bicyclic) bond motifs is 1. The van der Waals surface area contributed by atoms with Crippen LogP contribution in [-0.4, -0.2) is 30.5 Å². The van der Waals surface area contributed by atoms with E-state index in [0.29, 0.717) is 17.0 Å². The molecule has 138 valence electrons. The first-order chi connectivity index (χ1) is 13.1. The molecule has 0 fully saturated rings. The van der Waals surface area contributed by atoms with Crippen LogP contribution in [0.4, 0.5) is 5.69 Å². The van der Waals surface area contributed by atoms with Crippen molar-refractivity contribution in [3.63, 3.8) is 0 Å². The molecule has 0 atom stereocenters. The molecule has 0 bridgehead atoms. The van der Waals surface area contributed by atoms with Gasteiger partial charge in [-0.2, -0.15) is 0 Å². The number of para-hydroxylation sites is 3. The quantitative estimate of drug-likeness (QED) is 0.605. The van der Waals surface area contributed by atoms with Crippen LogP contribution >= 0.6 is 0 Å². The summed E-state index contributed by atoms with van der Waals surface area (Å²) in [6.45, 7) is 1.80. The lowest BCUT2D eigenvalue weighted by Gasteiger charge is -2.12. The van der Waals surface area contributed by atoms with Crippen molar-refractivity contribution < 1.29 is 14.3 Å². The molecule has 3 aromatic rings. The van der Waals surface area contributed by atoms with Crippen molar-refractivity contribution in [3.05, 3.63) is 65.9 Å². The fourth-order valence-corrected chi connectivity index (χ4v) is 2.70. The first-order valence-corrected chi connectivity index (χ1v) is 8.41. The summed E-state index contributed by atoms with van der Waals surface area (Å²) < 4.78 is 5.22. The van der Waals surface area contributed by atoms with Gasteiger partial charge < -0.3 is 10.1 Å². The third-order valence-electron chi connectivity index (χ3n) is 3.95. The average Bonchev–Trinajstić information content (AvgIpc) is 2.69. The molecule has 1 heterocycles. The standard InChI is InChI=1S/C20H20N4O3/c1-13-11-15(14-7-3-4-8-16(14)22-13)20(26)24-23-19(25)12-21-17-9-5-6-10-18(17)27-2/h3-11,21H,12H2,1-2H3,(H,23,25)(H,24,26). The number of anilines is 1. The Hall–Kier alpha value is -3.61. The number of pyridine rings is 1. The summed E-state index contributed by atoms with van der Waals surface area (Å²) in [6.07, 6.45) is 0. The molecule has 7 nitrogen and oxygen atoms in total. The summed E-state index contributed by atoms with van der Waals surface area (Å²) in [4.78, 5) is 28.9. The van der Waals surface area contributed by atoms with E-state index in [9.17, 15) is 9.59 Å². The molecule has 7 heteroatoms. The number of aromatic nitrogens is 1. The van der Waals surface area contributed by atoms with Crippen LogP contribution in [-0.2, 0) is 4.79 Å². The van der Waals surface area contributed by atoms with Crippen LogP contribution in [0.2, 0.25) is 0 Å². The van der Waals surface area contributed by atoms with Crippen molar-refractivity contribution in [2.75, 3.05) is 19.0 Å². The Balaban J connectivity index is 1.62. The number of aryl methyl sites for hydroxylation is 1. The lowest BCUT2D eigenvalue weighted by atomic mass is 10.1. The van der Waals surface area contributed by atoms with E-state index >= 15 is 0 Å². The second kappa shape index (κ2) is 8.18. The summed E-state index contributed by atoms with van der Waals surface area (Å²) >= 11 is 0. The predicted octanol–water partition coefficient (Wildman–Crippen LogP) is 2.42. The highest BCUT2D eigenvalue weighted by molar-refractivity contribution is 6.06. The number of benzene rings is 2. The summed E-state index contributed by atoms with van der Waals surface area (Å²) in [6, 6.07) is 16.3. The van der Waals surface area contributed by atoms with Gasteiger partial charge in [-0.05, 0) is 31.2 Å². The Morgan fingerprint density at radius 2 is 1.78 bits per heavy atom. The number of carbonyl (C=O) groups excluding carboxylic acids is 2. The lowest BCUT2D eigenvalue weighted by Crippen LogP contribution is -2.44. The van der Waals surface area contributed by atoms with Gasteiger partial charge in [0.1, 0.15) is 5.75 Å². The minimum Gasteiger partial charge on any atom is -0.495 e. The molecule has 0 unspecified atom stereocenters. The van der Waals surface area contributed by atoms with E-state index in [4.69, 9.17) is 4.74 Å². The summed E-state index contributed by atoms with van der Waals surface area (Å²) in [5.41, 5.74) is 7.46. The first kappa shape index (κ1) is 18.2. The first-order valence-electron chi connectivity index (χ1n) is 8.41. The number of nitrogens with one attached hydrogen (secondary N) is 3. The Kier molecular flexibility index (Phi) is 5.51. The fraction of sp³-hybridized carbons (Fsp3) is 0.150. The highest BCUT2D eigenvalue weighted by Gasteiger charge is 2.13. The summed E-state index contributed by atoms with van der Waals surface area (Å²) in [5, 5.41) is 3.69. The number of rotatable bonds is 5. The van der Waals surface area contributed by atoms with Crippen LogP contribution < -0.4 is 20.9 Å². The maximum Gasteiger partial charge on any atom is 0.270 e. The van der Waals surface area contributed by atoms with Gasteiger partial charge in [-0.15, -0.1) is 0 Å². The van der Waals surface area contributed by atoms with Crippen molar-refractivity contribution in [2.45, 2.75) is 6.92 Å². The number of hydrazine groups is 1. The smallest absolute Gasteiger partial charge is 0.270 e. The molecule has 2 aromatic carbocycles. The topological polar surface area (TPSA) is 92.4 Å². The van der Waals surface area contributed by atoms with Gasteiger partial charge in [0.2, 0.25) is 0 Å². The molecule has 0 radical (unpaired) electrons. The highest BCUT2D eigenvalue weighted by atomic mass is 16.5. The molecule has 0 aliphatic rings. The number of hydrogen-bond acceptors (Lipinski definition) is 5. The zero-order valence-electron chi connectivity index (χ0n) is 15.1. The van der Waals surface area contributed by atoms with Gasteiger partial charge in [-0.3, -0.25) is 25.4 Å². The van der Waals surface area contributed by atoms with E-state index in [-0.39, 0.29) is 12.5 Å². The largest absolute Gasteiger partial charge is 0.495 e. The molecule has 0 saturated heterocycles. The van der Waals surface area contributed by atoms with Crippen LogP contribution in [0, 0.1) is 6.92 Å². The van der Waals surface area contributed by atoms with E-state index in [1.807, 2.05) is 43.3 Å². The molecule has 3 rings (SSSR count). The number of methoxy groups -OCH3 is 1. The molecular formula is C20H20N4O3. The van der Waals surface area contributed by atoms with Crippen molar-refractivity contribution in [1.82, 2.24) is 15.8 Å². The van der Waals surface area contributed by atoms with E-state index in [2.05, 4.69) is 21.2 Å². The van der Waals surface area contributed by atoms with Gasteiger partial charge >= 0.3 is 0 Å². The molecule has 0 saturated carbocycles. The second-order valence-corrected chi connectivity index (χ2v) is 5.88. The molecule has 0 spiro atoms. The molecule has 27 heavy (non-hydrogen) atoms. The Morgan fingerprint density at radius 1 is 1.04 bits per heavy atom. The molecule has 3 N–H and O–H groups in total. The Bertz CT molecular complexity index is 988. The molecule has 1 aromatic heterocycles. The second-order valence-electron chi connectivity index (χ2n) is 5.88. The Labute approximate surface area is 156 Å². The van der Waals surface area contributed by atoms with Crippen LogP contribution in [0.1, 0.15) is 16.1 Å². The number of hydrogen-bond donors (Lipinski definition) is 3. The van der Waals surface area contributed by atoms with Gasteiger partial charge in [0.25, 0.3) is 11.8 Å². The minimum absolute atomic E-state index is 0.0171. The van der Waals surface area contributed by atoms with Crippen molar-refractivity contribution >= 4 is 28.4 Å².